The Hall–Kier alpha value is -0.110. The van der Waals surface area contributed by atoms with E-state index in [1.54, 1.807) is 0 Å². The zero-order chi connectivity index (χ0) is 9.10. The van der Waals surface area contributed by atoms with Crippen LogP contribution in [0.5, 0.6) is 0 Å². The van der Waals surface area contributed by atoms with Crippen LogP contribution in [0.15, 0.2) is 0 Å². The summed E-state index contributed by atoms with van der Waals surface area (Å²) in [6.45, 7) is 2.24. The molecule has 0 aromatic carbocycles. The highest BCUT2D eigenvalue weighted by molar-refractivity contribution is 4.83. The Morgan fingerprint density at radius 2 is 2.00 bits per heavy atom. The van der Waals surface area contributed by atoms with Gasteiger partial charge in [0.1, 0.15) is 6.17 Å². The first kappa shape index (κ1) is 9.45. The smallest absolute Gasteiger partial charge is 0.103 e. The summed E-state index contributed by atoms with van der Waals surface area (Å²) in [5, 5.41) is 3.37. The van der Waals surface area contributed by atoms with Gasteiger partial charge in [-0.15, -0.1) is 0 Å². The van der Waals surface area contributed by atoms with Crippen molar-refractivity contribution in [1.29, 1.82) is 0 Å². The van der Waals surface area contributed by atoms with E-state index in [4.69, 9.17) is 0 Å². The molecule has 76 valence electrons. The first-order valence-electron chi connectivity index (χ1n) is 5.71. The van der Waals surface area contributed by atoms with Gasteiger partial charge < -0.3 is 5.32 Å². The van der Waals surface area contributed by atoms with Gasteiger partial charge in [-0.25, -0.2) is 4.39 Å². The Morgan fingerprint density at radius 1 is 1.15 bits per heavy atom. The number of alkyl halides is 1. The maximum absolute atomic E-state index is 13.5. The van der Waals surface area contributed by atoms with Crippen molar-refractivity contribution in [3.05, 3.63) is 0 Å². The van der Waals surface area contributed by atoms with Crippen LogP contribution in [0.1, 0.15) is 38.5 Å². The van der Waals surface area contributed by atoms with Gasteiger partial charge >= 0.3 is 0 Å². The molecule has 1 aliphatic carbocycles. The van der Waals surface area contributed by atoms with Crippen LogP contribution in [0.25, 0.3) is 0 Å². The largest absolute Gasteiger partial charge is 0.317 e. The van der Waals surface area contributed by atoms with E-state index < -0.39 is 6.17 Å². The van der Waals surface area contributed by atoms with Crippen LogP contribution in [0, 0.1) is 11.8 Å². The van der Waals surface area contributed by atoms with Crippen molar-refractivity contribution in [3.8, 4) is 0 Å². The Labute approximate surface area is 80.1 Å². The van der Waals surface area contributed by atoms with E-state index in [1.165, 1.54) is 19.3 Å². The van der Waals surface area contributed by atoms with Crippen LogP contribution in [0.2, 0.25) is 0 Å². The van der Waals surface area contributed by atoms with Gasteiger partial charge in [0.15, 0.2) is 0 Å². The second kappa shape index (κ2) is 4.41. The SMILES string of the molecule is FC(CC1CCCNCC1)C1CC1. The third-order valence-electron chi connectivity index (χ3n) is 3.39. The highest BCUT2D eigenvalue weighted by Crippen LogP contribution is 2.38. The average molecular weight is 185 g/mol. The van der Waals surface area contributed by atoms with Crippen LogP contribution >= 0.6 is 0 Å². The fraction of sp³-hybridized carbons (Fsp3) is 1.00. The summed E-state index contributed by atoms with van der Waals surface area (Å²) < 4.78 is 13.5. The molecular weight excluding hydrogens is 165 g/mol. The minimum atomic E-state index is -0.483. The number of hydrogen-bond donors (Lipinski definition) is 1. The summed E-state index contributed by atoms with van der Waals surface area (Å²) in [7, 11) is 0. The lowest BCUT2D eigenvalue weighted by molar-refractivity contribution is 0.230. The number of halogens is 1. The minimum absolute atomic E-state index is 0.441. The molecule has 2 heteroatoms. The van der Waals surface area contributed by atoms with Crippen molar-refractivity contribution in [1.82, 2.24) is 5.32 Å². The zero-order valence-electron chi connectivity index (χ0n) is 8.27. The van der Waals surface area contributed by atoms with Crippen molar-refractivity contribution >= 4 is 0 Å². The van der Waals surface area contributed by atoms with Crippen molar-refractivity contribution in [2.75, 3.05) is 13.1 Å². The first-order chi connectivity index (χ1) is 6.36. The summed E-state index contributed by atoms with van der Waals surface area (Å²) in [6, 6.07) is 0. The normalized spacial score (nSPS) is 32.5. The molecule has 0 aromatic heterocycles. The maximum Gasteiger partial charge on any atom is 0.103 e. The highest BCUT2D eigenvalue weighted by atomic mass is 19.1. The molecule has 1 aliphatic heterocycles. The molecule has 13 heavy (non-hydrogen) atoms. The molecule has 1 heterocycles. The predicted octanol–water partition coefficient (Wildman–Crippen LogP) is 2.51. The first-order valence-corrected chi connectivity index (χ1v) is 5.71. The molecule has 2 fully saturated rings. The van der Waals surface area contributed by atoms with Crippen molar-refractivity contribution in [2.24, 2.45) is 11.8 Å². The molecule has 2 rings (SSSR count). The van der Waals surface area contributed by atoms with E-state index in [-0.39, 0.29) is 0 Å². The molecule has 2 unspecified atom stereocenters. The van der Waals surface area contributed by atoms with Crippen LogP contribution in [0.3, 0.4) is 0 Å². The summed E-state index contributed by atoms with van der Waals surface area (Å²) in [5.74, 6) is 1.10. The molecule has 2 atom stereocenters. The van der Waals surface area contributed by atoms with Gasteiger partial charge in [-0.05, 0) is 63.5 Å². The Balaban J connectivity index is 1.71. The summed E-state index contributed by atoms with van der Waals surface area (Å²) in [6.07, 6.45) is 6.31. The highest BCUT2D eigenvalue weighted by Gasteiger charge is 2.32. The average Bonchev–Trinajstić information content (AvgIpc) is 2.92. The number of nitrogens with one attached hydrogen (secondary N) is 1. The van der Waals surface area contributed by atoms with Gasteiger partial charge in [-0.1, -0.05) is 0 Å². The Morgan fingerprint density at radius 3 is 2.77 bits per heavy atom. The Kier molecular flexibility index (Phi) is 3.20. The van der Waals surface area contributed by atoms with Crippen molar-refractivity contribution in [2.45, 2.75) is 44.7 Å². The standard InChI is InChI=1S/C11H20FN/c12-11(10-3-4-10)8-9-2-1-6-13-7-5-9/h9-11,13H,1-8H2. The van der Waals surface area contributed by atoms with Gasteiger partial charge in [0.2, 0.25) is 0 Å². The van der Waals surface area contributed by atoms with E-state index in [0.717, 1.165) is 32.4 Å². The summed E-state index contributed by atoms with van der Waals surface area (Å²) in [4.78, 5) is 0. The van der Waals surface area contributed by atoms with Gasteiger partial charge in [0.25, 0.3) is 0 Å². The minimum Gasteiger partial charge on any atom is -0.317 e. The monoisotopic (exact) mass is 185 g/mol. The van der Waals surface area contributed by atoms with E-state index in [9.17, 15) is 4.39 Å². The fourth-order valence-corrected chi connectivity index (χ4v) is 2.30. The van der Waals surface area contributed by atoms with Gasteiger partial charge in [0.05, 0.1) is 0 Å². The third-order valence-corrected chi connectivity index (χ3v) is 3.39. The summed E-state index contributed by atoms with van der Waals surface area (Å²) in [5.41, 5.74) is 0. The maximum atomic E-state index is 13.5. The topological polar surface area (TPSA) is 12.0 Å². The van der Waals surface area contributed by atoms with Crippen LogP contribution in [0.4, 0.5) is 4.39 Å². The molecule has 0 radical (unpaired) electrons. The lowest BCUT2D eigenvalue weighted by Gasteiger charge is -2.15. The molecule has 1 nitrogen and oxygen atoms in total. The Bertz CT molecular complexity index is 148. The van der Waals surface area contributed by atoms with Crippen molar-refractivity contribution < 1.29 is 4.39 Å². The summed E-state index contributed by atoms with van der Waals surface area (Å²) >= 11 is 0. The fourth-order valence-electron chi connectivity index (χ4n) is 2.30. The van der Waals surface area contributed by atoms with Gasteiger partial charge in [-0.2, -0.15) is 0 Å². The molecule has 1 N–H and O–H groups in total. The van der Waals surface area contributed by atoms with E-state index in [0.29, 0.717) is 11.8 Å². The van der Waals surface area contributed by atoms with Gasteiger partial charge in [-0.3, -0.25) is 0 Å². The third kappa shape index (κ3) is 2.94. The van der Waals surface area contributed by atoms with E-state index >= 15 is 0 Å². The molecule has 0 amide bonds. The van der Waals surface area contributed by atoms with Crippen LogP contribution < -0.4 is 5.32 Å². The lowest BCUT2D eigenvalue weighted by Crippen LogP contribution is -2.15. The molecular formula is C11H20FN. The second-order valence-electron chi connectivity index (χ2n) is 4.64. The molecule has 0 spiro atoms. The second-order valence-corrected chi connectivity index (χ2v) is 4.64. The van der Waals surface area contributed by atoms with Crippen LogP contribution in [-0.2, 0) is 0 Å². The zero-order valence-corrected chi connectivity index (χ0v) is 8.27. The number of rotatable bonds is 3. The predicted molar refractivity (Wildman–Crippen MR) is 52.4 cm³/mol. The molecule has 1 saturated carbocycles. The van der Waals surface area contributed by atoms with E-state index in [2.05, 4.69) is 5.32 Å². The quantitative estimate of drug-likeness (QED) is 0.712. The van der Waals surface area contributed by atoms with Crippen molar-refractivity contribution in [3.63, 3.8) is 0 Å². The lowest BCUT2D eigenvalue weighted by atomic mass is 9.93. The molecule has 0 aromatic rings. The molecule has 2 aliphatic rings. The van der Waals surface area contributed by atoms with E-state index in [1.807, 2.05) is 0 Å². The number of hydrogen-bond acceptors (Lipinski definition) is 1. The molecule has 1 saturated heterocycles. The van der Waals surface area contributed by atoms with Crippen LogP contribution in [-0.4, -0.2) is 19.3 Å². The van der Waals surface area contributed by atoms with Gasteiger partial charge in [0, 0.05) is 0 Å². The molecule has 0 bridgehead atoms.